The Bertz CT molecular complexity index is 918. The van der Waals surface area contributed by atoms with Crippen LogP contribution in [-0.4, -0.2) is 15.0 Å². The monoisotopic (exact) mass is 332 g/mol. The number of rotatable bonds is 2. The average Bonchev–Trinajstić information content (AvgIpc) is 2.54. The van der Waals surface area contributed by atoms with E-state index >= 15 is 0 Å². The number of hydrogen-bond acceptors (Lipinski definition) is 5. The molecule has 1 aromatic carbocycles. The fourth-order valence-corrected chi connectivity index (χ4v) is 2.76. The molecule has 2 aromatic heterocycles. The van der Waals surface area contributed by atoms with Crippen LogP contribution in [0.1, 0.15) is 11.1 Å². The largest absolute Gasteiger partial charge is 0.417 e. The quantitative estimate of drug-likeness (QED) is 0.708. The van der Waals surface area contributed by atoms with E-state index in [4.69, 9.17) is 5.26 Å². The van der Waals surface area contributed by atoms with Gasteiger partial charge in [0, 0.05) is 17.3 Å². The van der Waals surface area contributed by atoms with Crippen molar-refractivity contribution in [2.45, 2.75) is 16.1 Å². The summed E-state index contributed by atoms with van der Waals surface area (Å²) in [7, 11) is 0. The van der Waals surface area contributed by atoms with Crippen molar-refractivity contribution < 1.29 is 13.2 Å². The van der Waals surface area contributed by atoms with Crippen LogP contribution in [0.5, 0.6) is 0 Å². The van der Waals surface area contributed by atoms with Crippen molar-refractivity contribution in [2.24, 2.45) is 0 Å². The summed E-state index contributed by atoms with van der Waals surface area (Å²) >= 11 is 1.06. The van der Waals surface area contributed by atoms with Crippen molar-refractivity contribution in [3.8, 4) is 6.07 Å². The Labute approximate surface area is 133 Å². The van der Waals surface area contributed by atoms with Gasteiger partial charge >= 0.3 is 6.18 Å². The summed E-state index contributed by atoms with van der Waals surface area (Å²) in [6.07, 6.45) is -1.55. The number of aromatic nitrogens is 3. The SMILES string of the molecule is N#Cc1ccc(Sc2ccc3nccnc3n2)cc1C(F)(F)F. The third kappa shape index (κ3) is 3.24. The second-order valence-electron chi connectivity index (χ2n) is 4.47. The summed E-state index contributed by atoms with van der Waals surface area (Å²) < 4.78 is 38.9. The number of fused-ring (bicyclic) bond motifs is 1. The molecule has 8 heteroatoms. The molecule has 2 heterocycles. The van der Waals surface area contributed by atoms with E-state index in [1.165, 1.54) is 18.5 Å². The summed E-state index contributed by atoms with van der Waals surface area (Å²) in [5.41, 5.74) is -0.334. The van der Waals surface area contributed by atoms with Crippen LogP contribution in [0.15, 0.2) is 52.6 Å². The standard InChI is InChI=1S/C15H7F3N4S/c16-15(17,18)11-7-10(2-1-9(11)8-19)23-13-4-3-12-14(22-13)21-6-5-20-12/h1-7H. The first-order valence-corrected chi connectivity index (χ1v) is 7.16. The summed E-state index contributed by atoms with van der Waals surface area (Å²) in [5, 5.41) is 9.29. The van der Waals surface area contributed by atoms with E-state index in [1.807, 2.05) is 0 Å². The van der Waals surface area contributed by atoms with Crippen LogP contribution in [0.3, 0.4) is 0 Å². The lowest BCUT2D eigenvalue weighted by atomic mass is 10.1. The third-order valence-corrected chi connectivity index (χ3v) is 3.87. The van der Waals surface area contributed by atoms with Crippen molar-refractivity contribution in [2.75, 3.05) is 0 Å². The van der Waals surface area contributed by atoms with Gasteiger partial charge < -0.3 is 0 Å². The zero-order chi connectivity index (χ0) is 16.4. The predicted molar refractivity (Wildman–Crippen MR) is 77.6 cm³/mol. The summed E-state index contributed by atoms with van der Waals surface area (Å²) in [6.45, 7) is 0. The van der Waals surface area contributed by atoms with Gasteiger partial charge in [0.1, 0.15) is 10.5 Å². The molecule has 0 bridgehead atoms. The fraction of sp³-hybridized carbons (Fsp3) is 0.0667. The zero-order valence-corrected chi connectivity index (χ0v) is 12.2. The van der Waals surface area contributed by atoms with Crippen LogP contribution in [-0.2, 0) is 6.18 Å². The smallest absolute Gasteiger partial charge is 0.251 e. The Kier molecular flexibility index (Phi) is 3.88. The number of alkyl halides is 3. The molecule has 23 heavy (non-hydrogen) atoms. The van der Waals surface area contributed by atoms with Crippen LogP contribution in [0, 0.1) is 11.3 Å². The molecule has 0 radical (unpaired) electrons. The van der Waals surface area contributed by atoms with Crippen molar-refractivity contribution in [3.05, 3.63) is 53.9 Å². The van der Waals surface area contributed by atoms with Crippen LogP contribution in [0.2, 0.25) is 0 Å². The summed E-state index contributed by atoms with van der Waals surface area (Å²) in [4.78, 5) is 12.7. The molecule has 3 aromatic rings. The van der Waals surface area contributed by atoms with Crippen molar-refractivity contribution in [1.82, 2.24) is 15.0 Å². The Balaban J connectivity index is 1.97. The van der Waals surface area contributed by atoms with Gasteiger partial charge in [-0.15, -0.1) is 0 Å². The predicted octanol–water partition coefficient (Wildman–Crippen LogP) is 4.07. The number of benzene rings is 1. The number of nitriles is 1. The molecular weight excluding hydrogens is 325 g/mol. The van der Waals surface area contributed by atoms with Gasteiger partial charge in [0.2, 0.25) is 0 Å². The first-order chi connectivity index (χ1) is 11.0. The van der Waals surface area contributed by atoms with Crippen LogP contribution in [0.4, 0.5) is 13.2 Å². The topological polar surface area (TPSA) is 62.5 Å². The Morgan fingerprint density at radius 1 is 1.04 bits per heavy atom. The van der Waals surface area contributed by atoms with Gasteiger partial charge in [0.05, 0.1) is 17.2 Å². The number of nitrogens with zero attached hydrogens (tertiary/aromatic N) is 4. The maximum atomic E-state index is 13.0. The van der Waals surface area contributed by atoms with Gasteiger partial charge in [-0.25, -0.2) is 9.97 Å². The van der Waals surface area contributed by atoms with E-state index < -0.39 is 17.3 Å². The molecule has 0 amide bonds. The second-order valence-corrected chi connectivity index (χ2v) is 5.56. The molecule has 114 valence electrons. The van der Waals surface area contributed by atoms with Crippen LogP contribution in [0.25, 0.3) is 11.2 Å². The minimum Gasteiger partial charge on any atom is -0.251 e. The molecule has 0 saturated heterocycles. The highest BCUT2D eigenvalue weighted by atomic mass is 32.2. The first kappa shape index (κ1) is 15.2. The minimum absolute atomic E-state index is 0.340. The van der Waals surface area contributed by atoms with E-state index in [-0.39, 0.29) is 0 Å². The van der Waals surface area contributed by atoms with Crippen molar-refractivity contribution in [1.29, 1.82) is 5.26 Å². The Morgan fingerprint density at radius 3 is 2.57 bits per heavy atom. The van der Waals surface area contributed by atoms with Crippen LogP contribution < -0.4 is 0 Å². The first-order valence-electron chi connectivity index (χ1n) is 6.34. The number of hydrogen-bond donors (Lipinski definition) is 0. The third-order valence-electron chi connectivity index (χ3n) is 2.95. The number of pyridine rings is 1. The van der Waals surface area contributed by atoms with Gasteiger partial charge in [0.15, 0.2) is 5.65 Å². The lowest BCUT2D eigenvalue weighted by Gasteiger charge is -2.10. The molecule has 0 unspecified atom stereocenters. The van der Waals surface area contributed by atoms with E-state index in [1.54, 1.807) is 18.2 Å². The lowest BCUT2D eigenvalue weighted by Crippen LogP contribution is -2.07. The molecule has 3 rings (SSSR count). The molecule has 4 nitrogen and oxygen atoms in total. The molecule has 0 aliphatic heterocycles. The van der Waals surface area contributed by atoms with E-state index in [0.717, 1.165) is 23.9 Å². The summed E-state index contributed by atoms with van der Waals surface area (Å²) in [6, 6.07) is 8.48. The highest BCUT2D eigenvalue weighted by molar-refractivity contribution is 7.99. The van der Waals surface area contributed by atoms with Gasteiger partial charge in [-0.3, -0.25) is 4.98 Å². The zero-order valence-electron chi connectivity index (χ0n) is 11.4. The van der Waals surface area contributed by atoms with E-state index in [2.05, 4.69) is 15.0 Å². The normalized spacial score (nSPS) is 11.4. The van der Waals surface area contributed by atoms with Crippen molar-refractivity contribution >= 4 is 22.9 Å². The molecule has 0 atom stereocenters. The van der Waals surface area contributed by atoms with E-state index in [0.29, 0.717) is 21.1 Å². The summed E-state index contributed by atoms with van der Waals surface area (Å²) in [5.74, 6) is 0. The van der Waals surface area contributed by atoms with Crippen molar-refractivity contribution in [3.63, 3.8) is 0 Å². The van der Waals surface area contributed by atoms with Gasteiger partial charge in [-0.2, -0.15) is 18.4 Å². The highest BCUT2D eigenvalue weighted by Crippen LogP contribution is 2.36. The van der Waals surface area contributed by atoms with Crippen LogP contribution >= 0.6 is 11.8 Å². The molecule has 0 aliphatic carbocycles. The van der Waals surface area contributed by atoms with Gasteiger partial charge in [-0.05, 0) is 30.3 Å². The van der Waals surface area contributed by atoms with Gasteiger partial charge in [-0.1, -0.05) is 11.8 Å². The fourth-order valence-electron chi connectivity index (χ4n) is 1.93. The van der Waals surface area contributed by atoms with Gasteiger partial charge in [0.25, 0.3) is 0 Å². The molecule has 0 fully saturated rings. The highest BCUT2D eigenvalue weighted by Gasteiger charge is 2.33. The molecular formula is C15H7F3N4S. The molecule has 0 spiro atoms. The molecule has 0 N–H and O–H groups in total. The lowest BCUT2D eigenvalue weighted by molar-refractivity contribution is -0.137. The molecule has 0 saturated carbocycles. The Morgan fingerprint density at radius 2 is 1.83 bits per heavy atom. The maximum absolute atomic E-state index is 13.0. The average molecular weight is 332 g/mol. The minimum atomic E-state index is -4.58. The van der Waals surface area contributed by atoms with E-state index in [9.17, 15) is 13.2 Å². The second kappa shape index (κ2) is 5.85. The number of halogens is 3. The molecule has 0 aliphatic rings. The maximum Gasteiger partial charge on any atom is 0.417 e. The Hall–Kier alpha value is -2.66.